The summed E-state index contributed by atoms with van der Waals surface area (Å²) < 4.78 is 21.3. The van der Waals surface area contributed by atoms with Gasteiger partial charge in [0.25, 0.3) is 0 Å². The van der Waals surface area contributed by atoms with Crippen LogP contribution in [0.2, 0.25) is 0 Å². The zero-order chi connectivity index (χ0) is 9.78. The summed E-state index contributed by atoms with van der Waals surface area (Å²) in [6.45, 7) is 0. The molecule has 0 spiro atoms. The summed E-state index contributed by atoms with van der Waals surface area (Å²) in [5, 5.41) is 0. The maximum absolute atomic E-state index is 11.0. The molecule has 0 unspecified atom stereocenters. The smallest absolute Gasteiger partial charge is 0.222 e. The van der Waals surface area contributed by atoms with E-state index in [9.17, 15) is 13.2 Å². The molecular formula is C7H15NO3S. The fourth-order valence-corrected chi connectivity index (χ4v) is 1.38. The lowest BCUT2D eigenvalue weighted by Gasteiger charge is -2.08. The maximum atomic E-state index is 11.0. The molecule has 12 heavy (non-hydrogen) atoms. The molecule has 1 amide bonds. The van der Waals surface area contributed by atoms with E-state index in [4.69, 9.17) is 0 Å². The number of nitrogens with zero attached hydrogens (tertiary/aromatic N) is 1. The Labute approximate surface area is 73.5 Å². The van der Waals surface area contributed by atoms with Crippen LogP contribution in [0.1, 0.15) is 12.8 Å². The SMILES string of the molecule is CN(C)C(=O)CCCS(C)(=O)=O. The van der Waals surface area contributed by atoms with Gasteiger partial charge in [-0.05, 0) is 6.42 Å². The van der Waals surface area contributed by atoms with Gasteiger partial charge in [0.15, 0.2) is 0 Å². The van der Waals surface area contributed by atoms with Crippen molar-refractivity contribution in [2.24, 2.45) is 0 Å². The standard InChI is InChI=1S/C7H15NO3S/c1-8(2)7(9)5-4-6-12(3,10)11/h4-6H2,1-3H3. The maximum Gasteiger partial charge on any atom is 0.222 e. The Kier molecular flexibility index (Phi) is 4.23. The van der Waals surface area contributed by atoms with Crippen LogP contribution in [0.3, 0.4) is 0 Å². The van der Waals surface area contributed by atoms with Crippen LogP contribution in [0.4, 0.5) is 0 Å². The molecule has 72 valence electrons. The highest BCUT2D eigenvalue weighted by Crippen LogP contribution is 1.96. The van der Waals surface area contributed by atoms with E-state index in [1.54, 1.807) is 14.1 Å². The third-order valence-corrected chi connectivity index (χ3v) is 2.43. The molecule has 0 rings (SSSR count). The van der Waals surface area contributed by atoms with Crippen LogP contribution in [0.15, 0.2) is 0 Å². The molecule has 0 aliphatic carbocycles. The highest BCUT2D eigenvalue weighted by molar-refractivity contribution is 7.90. The van der Waals surface area contributed by atoms with Crippen molar-refractivity contribution in [3.63, 3.8) is 0 Å². The molecule has 0 atom stereocenters. The third kappa shape index (κ3) is 6.15. The Morgan fingerprint density at radius 1 is 1.33 bits per heavy atom. The van der Waals surface area contributed by atoms with Crippen LogP contribution in [-0.4, -0.2) is 45.3 Å². The highest BCUT2D eigenvalue weighted by Gasteiger charge is 2.06. The second kappa shape index (κ2) is 4.45. The van der Waals surface area contributed by atoms with Gasteiger partial charge in [-0.25, -0.2) is 8.42 Å². The zero-order valence-corrected chi connectivity index (χ0v) is 8.52. The largest absolute Gasteiger partial charge is 0.349 e. The monoisotopic (exact) mass is 193 g/mol. The molecule has 0 fully saturated rings. The number of sulfone groups is 1. The fraction of sp³-hybridized carbons (Fsp3) is 0.857. The summed E-state index contributed by atoms with van der Waals surface area (Å²) in [6.07, 6.45) is 1.89. The first-order valence-electron chi connectivity index (χ1n) is 3.71. The summed E-state index contributed by atoms with van der Waals surface area (Å²) in [5.41, 5.74) is 0. The predicted molar refractivity (Wildman–Crippen MR) is 47.6 cm³/mol. The molecule has 0 saturated heterocycles. The average Bonchev–Trinajstić information content (AvgIpc) is 1.84. The third-order valence-electron chi connectivity index (χ3n) is 1.40. The van der Waals surface area contributed by atoms with E-state index >= 15 is 0 Å². The van der Waals surface area contributed by atoms with Gasteiger partial charge in [-0.3, -0.25) is 4.79 Å². The van der Waals surface area contributed by atoms with E-state index in [1.807, 2.05) is 0 Å². The van der Waals surface area contributed by atoms with E-state index in [2.05, 4.69) is 0 Å². The number of carbonyl (C=O) groups excluding carboxylic acids is 1. The molecule has 0 aromatic rings. The number of carbonyl (C=O) groups is 1. The van der Waals surface area contributed by atoms with Crippen molar-refractivity contribution in [2.45, 2.75) is 12.8 Å². The molecule has 0 radical (unpaired) electrons. The molecule has 0 bridgehead atoms. The summed E-state index contributed by atoms with van der Waals surface area (Å²) in [7, 11) is 0.395. The first-order chi connectivity index (χ1) is 5.33. The molecule has 0 saturated carbocycles. The summed E-state index contributed by atoms with van der Waals surface area (Å²) in [5.74, 6) is 0.0608. The van der Waals surface area contributed by atoms with Crippen molar-refractivity contribution in [1.29, 1.82) is 0 Å². The molecule has 0 aliphatic rings. The van der Waals surface area contributed by atoms with E-state index in [1.165, 1.54) is 11.2 Å². The number of hydrogen-bond donors (Lipinski definition) is 0. The van der Waals surface area contributed by atoms with E-state index in [0.29, 0.717) is 12.8 Å². The van der Waals surface area contributed by atoms with Crippen molar-refractivity contribution in [2.75, 3.05) is 26.1 Å². The van der Waals surface area contributed by atoms with Gasteiger partial charge in [-0.15, -0.1) is 0 Å². The Morgan fingerprint density at radius 3 is 2.17 bits per heavy atom. The number of rotatable bonds is 4. The zero-order valence-electron chi connectivity index (χ0n) is 7.70. The Balaban J connectivity index is 3.66. The molecule has 0 aliphatic heterocycles. The van der Waals surface area contributed by atoms with Gasteiger partial charge in [-0.1, -0.05) is 0 Å². The molecule has 0 aromatic heterocycles. The van der Waals surface area contributed by atoms with Gasteiger partial charge in [0, 0.05) is 26.8 Å². The van der Waals surface area contributed by atoms with Gasteiger partial charge < -0.3 is 4.90 Å². The van der Waals surface area contributed by atoms with Gasteiger partial charge in [0.1, 0.15) is 9.84 Å². The van der Waals surface area contributed by atoms with Crippen molar-refractivity contribution >= 4 is 15.7 Å². The van der Waals surface area contributed by atoms with E-state index in [0.717, 1.165) is 0 Å². The number of amides is 1. The van der Waals surface area contributed by atoms with E-state index in [-0.39, 0.29) is 11.7 Å². The van der Waals surface area contributed by atoms with Crippen molar-refractivity contribution < 1.29 is 13.2 Å². The fourth-order valence-electron chi connectivity index (χ4n) is 0.709. The lowest BCUT2D eigenvalue weighted by Crippen LogP contribution is -2.22. The summed E-state index contributed by atoms with van der Waals surface area (Å²) in [6, 6.07) is 0. The lowest BCUT2D eigenvalue weighted by molar-refractivity contribution is -0.128. The Hall–Kier alpha value is -0.580. The molecule has 0 N–H and O–H groups in total. The molecule has 4 nitrogen and oxygen atoms in total. The van der Waals surface area contributed by atoms with Crippen LogP contribution >= 0.6 is 0 Å². The summed E-state index contributed by atoms with van der Waals surface area (Å²) >= 11 is 0. The van der Waals surface area contributed by atoms with Crippen LogP contribution in [-0.2, 0) is 14.6 Å². The number of hydrogen-bond acceptors (Lipinski definition) is 3. The van der Waals surface area contributed by atoms with Crippen LogP contribution in [0.5, 0.6) is 0 Å². The summed E-state index contributed by atoms with van der Waals surface area (Å²) in [4.78, 5) is 12.4. The average molecular weight is 193 g/mol. The minimum atomic E-state index is -2.92. The molecule has 0 heterocycles. The van der Waals surface area contributed by atoms with Crippen molar-refractivity contribution in [3.8, 4) is 0 Å². The normalized spacial score (nSPS) is 11.2. The van der Waals surface area contributed by atoms with Crippen molar-refractivity contribution in [3.05, 3.63) is 0 Å². The van der Waals surface area contributed by atoms with Gasteiger partial charge in [0.2, 0.25) is 5.91 Å². The van der Waals surface area contributed by atoms with Crippen LogP contribution in [0, 0.1) is 0 Å². The Bertz CT molecular complexity index is 243. The first kappa shape index (κ1) is 11.4. The predicted octanol–water partition coefficient (Wildman–Crippen LogP) is -0.101. The second-order valence-electron chi connectivity index (χ2n) is 3.02. The molecule has 5 heteroatoms. The topological polar surface area (TPSA) is 54.5 Å². The minimum Gasteiger partial charge on any atom is -0.349 e. The second-order valence-corrected chi connectivity index (χ2v) is 5.28. The van der Waals surface area contributed by atoms with Gasteiger partial charge in [-0.2, -0.15) is 0 Å². The highest BCUT2D eigenvalue weighted by atomic mass is 32.2. The van der Waals surface area contributed by atoms with Crippen molar-refractivity contribution in [1.82, 2.24) is 4.90 Å². The van der Waals surface area contributed by atoms with Crippen LogP contribution < -0.4 is 0 Å². The minimum absolute atomic E-state index is 0.0290. The van der Waals surface area contributed by atoms with Crippen LogP contribution in [0.25, 0.3) is 0 Å². The van der Waals surface area contributed by atoms with Gasteiger partial charge in [0.05, 0.1) is 5.75 Å². The Morgan fingerprint density at radius 2 is 1.83 bits per heavy atom. The first-order valence-corrected chi connectivity index (χ1v) is 5.77. The molecular weight excluding hydrogens is 178 g/mol. The molecule has 0 aromatic carbocycles. The van der Waals surface area contributed by atoms with Gasteiger partial charge >= 0.3 is 0 Å². The lowest BCUT2D eigenvalue weighted by atomic mass is 10.3. The van der Waals surface area contributed by atoms with E-state index < -0.39 is 9.84 Å². The quantitative estimate of drug-likeness (QED) is 0.626.